The molecule has 1 aliphatic rings. The topological polar surface area (TPSA) is 46.9 Å². The van der Waals surface area contributed by atoms with Crippen molar-refractivity contribution in [2.45, 2.75) is 64.0 Å². The molecule has 4 heteroatoms. The fraction of sp³-hybridized carbons (Fsp3) is 0.500. The molecule has 0 radical (unpaired) electrons. The van der Waals surface area contributed by atoms with Crippen LogP contribution < -0.4 is 0 Å². The summed E-state index contributed by atoms with van der Waals surface area (Å²) in [5.41, 5.74) is 1.62. The van der Waals surface area contributed by atoms with Gasteiger partial charge in [-0.2, -0.15) is 0 Å². The first-order valence-electron chi connectivity index (χ1n) is 11.1. The monoisotopic (exact) mass is 384 g/mol. The van der Waals surface area contributed by atoms with Crippen molar-refractivity contribution in [3.63, 3.8) is 0 Å². The predicted molar refractivity (Wildman–Crippen MR) is 114 cm³/mol. The first kappa shape index (κ1) is 18.3. The standard InChI is InChI=1S/C24H34N2O2/c1-17-18(2)26(20(4)24(28)22-13-9-6-10-14-22)16-15-25(17)19(3)23(27)21-11-7-5-8-12-21/h5-14,17-20,23-24,27-28H,15-16H2,1-4H3/t17-,18-,19-,20-,23-,24-/m1/s1/i17D,18D. The molecule has 0 aromatic heterocycles. The fourth-order valence-corrected chi connectivity index (χ4v) is 4.18. The molecule has 0 unspecified atom stereocenters. The van der Waals surface area contributed by atoms with E-state index in [1.165, 1.54) is 0 Å². The van der Waals surface area contributed by atoms with Crippen molar-refractivity contribution in [2.75, 3.05) is 13.1 Å². The molecule has 0 aliphatic carbocycles. The lowest BCUT2D eigenvalue weighted by Crippen LogP contribution is -2.62. The molecule has 2 aromatic rings. The third-order valence-corrected chi connectivity index (χ3v) is 6.15. The molecule has 1 heterocycles. The first-order chi connectivity index (χ1) is 14.1. The van der Waals surface area contributed by atoms with E-state index < -0.39 is 24.2 Å². The summed E-state index contributed by atoms with van der Waals surface area (Å²) in [5, 5.41) is 21.8. The van der Waals surface area contributed by atoms with Gasteiger partial charge in [0, 0.05) is 40.0 Å². The van der Waals surface area contributed by atoms with Crippen molar-refractivity contribution in [1.29, 1.82) is 0 Å². The number of benzene rings is 2. The predicted octanol–water partition coefficient (Wildman–Crippen LogP) is 3.63. The Morgan fingerprint density at radius 2 is 1.07 bits per heavy atom. The fourth-order valence-electron chi connectivity index (χ4n) is 4.18. The van der Waals surface area contributed by atoms with Gasteiger partial charge in [0.1, 0.15) is 0 Å². The van der Waals surface area contributed by atoms with E-state index in [0.29, 0.717) is 13.1 Å². The lowest BCUT2D eigenvalue weighted by atomic mass is 9.94. The van der Waals surface area contributed by atoms with Gasteiger partial charge in [0.05, 0.1) is 12.2 Å². The van der Waals surface area contributed by atoms with Crippen LogP contribution in [0.1, 0.15) is 53.8 Å². The van der Waals surface area contributed by atoms with Gasteiger partial charge in [0.15, 0.2) is 0 Å². The van der Waals surface area contributed by atoms with Gasteiger partial charge >= 0.3 is 0 Å². The van der Waals surface area contributed by atoms with Gasteiger partial charge in [0.25, 0.3) is 0 Å². The number of nitrogens with zero attached hydrogens (tertiary/aromatic N) is 2. The number of aliphatic hydroxyl groups is 2. The Balaban J connectivity index is 1.82. The van der Waals surface area contributed by atoms with Crippen LogP contribution in [0.15, 0.2) is 60.7 Å². The maximum atomic E-state index is 10.9. The zero-order valence-corrected chi connectivity index (χ0v) is 17.3. The second-order valence-corrected chi connectivity index (χ2v) is 7.75. The summed E-state index contributed by atoms with van der Waals surface area (Å²) in [6, 6.07) is 15.7. The molecule has 0 bridgehead atoms. The SMILES string of the molecule is [2H][C@]1(C)N([C@H](C)[C@@H](O)c2ccccc2)CCN([C@H](C)[C@@H](O)c2ccccc2)[C@]1([2H])C. The molecule has 28 heavy (non-hydrogen) atoms. The van der Waals surface area contributed by atoms with Crippen LogP contribution in [-0.2, 0) is 0 Å². The van der Waals surface area contributed by atoms with Gasteiger partial charge in [-0.15, -0.1) is 0 Å². The van der Waals surface area contributed by atoms with E-state index in [1.807, 2.05) is 84.3 Å². The van der Waals surface area contributed by atoms with E-state index in [4.69, 9.17) is 2.74 Å². The van der Waals surface area contributed by atoms with E-state index in [-0.39, 0.29) is 12.1 Å². The maximum Gasteiger partial charge on any atom is 0.0942 e. The Bertz CT molecular complexity index is 747. The summed E-state index contributed by atoms with van der Waals surface area (Å²) >= 11 is 0. The third kappa shape index (κ3) is 4.31. The lowest BCUT2D eigenvalue weighted by Gasteiger charge is -2.50. The van der Waals surface area contributed by atoms with Crippen LogP contribution in [0.5, 0.6) is 0 Å². The van der Waals surface area contributed by atoms with Crippen LogP contribution in [0.2, 0.25) is 0 Å². The average Bonchev–Trinajstić information content (AvgIpc) is 2.75. The van der Waals surface area contributed by atoms with Crippen molar-refractivity contribution in [1.82, 2.24) is 9.80 Å². The number of hydrogen-bond acceptors (Lipinski definition) is 4. The Morgan fingerprint density at radius 3 is 1.39 bits per heavy atom. The van der Waals surface area contributed by atoms with Gasteiger partial charge in [-0.25, -0.2) is 0 Å². The Morgan fingerprint density at radius 1 is 0.750 bits per heavy atom. The Labute approximate surface area is 172 Å². The molecule has 152 valence electrons. The van der Waals surface area contributed by atoms with Crippen LogP contribution >= 0.6 is 0 Å². The van der Waals surface area contributed by atoms with E-state index in [1.54, 1.807) is 13.8 Å². The van der Waals surface area contributed by atoms with E-state index in [9.17, 15) is 10.2 Å². The smallest absolute Gasteiger partial charge is 0.0942 e. The molecule has 0 amide bonds. The molecule has 4 nitrogen and oxygen atoms in total. The summed E-state index contributed by atoms with van der Waals surface area (Å²) in [7, 11) is 0. The third-order valence-electron chi connectivity index (χ3n) is 6.15. The van der Waals surface area contributed by atoms with Gasteiger partial charge < -0.3 is 10.2 Å². The van der Waals surface area contributed by atoms with Gasteiger partial charge in [-0.3, -0.25) is 9.80 Å². The van der Waals surface area contributed by atoms with E-state index in [0.717, 1.165) is 11.1 Å². The largest absolute Gasteiger partial charge is 0.387 e. The zero-order valence-electron chi connectivity index (χ0n) is 19.3. The Kier molecular flexibility index (Phi) is 6.01. The normalized spacial score (nSPS) is 32.1. The maximum absolute atomic E-state index is 10.9. The molecular formula is C24H34N2O2. The highest BCUT2D eigenvalue weighted by atomic mass is 16.3. The summed E-state index contributed by atoms with van der Waals surface area (Å²) in [6.45, 7) is 8.37. The number of piperazine rings is 1. The van der Waals surface area contributed by atoms with Gasteiger partial charge in [-0.1, -0.05) is 60.7 Å². The van der Waals surface area contributed by atoms with E-state index >= 15 is 0 Å². The van der Waals surface area contributed by atoms with Crippen molar-refractivity contribution < 1.29 is 13.0 Å². The van der Waals surface area contributed by atoms with Crippen molar-refractivity contribution >= 4 is 0 Å². The molecule has 2 aromatic carbocycles. The minimum atomic E-state index is -1.29. The first-order valence-corrected chi connectivity index (χ1v) is 10.1. The lowest BCUT2D eigenvalue weighted by molar-refractivity contribution is -0.0608. The molecule has 0 saturated carbocycles. The molecule has 1 aliphatic heterocycles. The van der Waals surface area contributed by atoms with Crippen LogP contribution in [0.3, 0.4) is 0 Å². The summed E-state index contributed by atoms with van der Waals surface area (Å²) in [4.78, 5) is 3.82. The minimum Gasteiger partial charge on any atom is -0.387 e. The summed E-state index contributed by atoms with van der Waals surface area (Å²) < 4.78 is 18.3. The number of aliphatic hydroxyl groups excluding tert-OH is 2. The summed E-state index contributed by atoms with van der Waals surface area (Å²) in [6.07, 6.45) is -1.49. The number of rotatable bonds is 6. The highest BCUT2D eigenvalue weighted by Gasteiger charge is 2.38. The average molecular weight is 385 g/mol. The summed E-state index contributed by atoms with van der Waals surface area (Å²) in [5.74, 6) is 0. The molecule has 3 rings (SSSR count). The zero-order chi connectivity index (χ0) is 22.1. The van der Waals surface area contributed by atoms with Crippen LogP contribution in [0.4, 0.5) is 0 Å². The molecule has 1 saturated heterocycles. The molecule has 0 spiro atoms. The van der Waals surface area contributed by atoms with Crippen molar-refractivity contribution in [2.24, 2.45) is 0 Å². The highest BCUT2D eigenvalue weighted by molar-refractivity contribution is 5.20. The number of hydrogen-bond donors (Lipinski definition) is 2. The molecule has 6 atom stereocenters. The van der Waals surface area contributed by atoms with Crippen LogP contribution in [-0.4, -0.2) is 57.2 Å². The quantitative estimate of drug-likeness (QED) is 0.798. The van der Waals surface area contributed by atoms with Crippen molar-refractivity contribution in [3.8, 4) is 0 Å². The Hall–Kier alpha value is -1.72. The van der Waals surface area contributed by atoms with Crippen LogP contribution in [0.25, 0.3) is 0 Å². The van der Waals surface area contributed by atoms with Gasteiger partial charge in [0.2, 0.25) is 0 Å². The second-order valence-electron chi connectivity index (χ2n) is 7.75. The van der Waals surface area contributed by atoms with Crippen LogP contribution in [0, 0.1) is 0 Å². The molecular weight excluding hydrogens is 348 g/mol. The van der Waals surface area contributed by atoms with E-state index in [2.05, 4.69) is 0 Å². The van der Waals surface area contributed by atoms with Crippen molar-refractivity contribution in [3.05, 3.63) is 71.8 Å². The molecule has 2 N–H and O–H groups in total. The second kappa shape index (κ2) is 9.19. The highest BCUT2D eigenvalue weighted by Crippen LogP contribution is 2.30. The van der Waals surface area contributed by atoms with Gasteiger partial charge in [-0.05, 0) is 38.8 Å². The molecule has 1 fully saturated rings. The minimum absolute atomic E-state index is 0.323.